The Morgan fingerprint density at radius 1 is 1.10 bits per heavy atom. The summed E-state index contributed by atoms with van der Waals surface area (Å²) < 4.78 is 5.20. The van der Waals surface area contributed by atoms with Crippen LogP contribution < -0.4 is 4.74 Å². The van der Waals surface area contributed by atoms with Crippen LogP contribution in [0.25, 0.3) is 0 Å². The van der Waals surface area contributed by atoms with Crippen LogP contribution in [0.4, 0.5) is 0 Å². The molecule has 3 heteroatoms. The molecule has 0 atom stereocenters. The molecule has 21 heavy (non-hydrogen) atoms. The molecule has 0 aliphatic carbocycles. The molecule has 0 unspecified atom stereocenters. The summed E-state index contributed by atoms with van der Waals surface area (Å²) in [6.45, 7) is 6.06. The van der Waals surface area contributed by atoms with E-state index in [9.17, 15) is 4.79 Å². The fraction of sp³-hybridized carbons (Fsp3) is 0.278. The van der Waals surface area contributed by atoms with Gasteiger partial charge in [0.1, 0.15) is 5.75 Å². The van der Waals surface area contributed by atoms with Gasteiger partial charge in [-0.1, -0.05) is 23.8 Å². The third-order valence-corrected chi connectivity index (χ3v) is 4.36. The van der Waals surface area contributed by atoms with E-state index < -0.39 is 0 Å². The zero-order valence-electron chi connectivity index (χ0n) is 12.9. The molecule has 0 bridgehead atoms. The first-order valence-electron chi connectivity index (χ1n) is 6.89. The lowest BCUT2D eigenvalue weighted by Crippen LogP contribution is -2.07. The number of methoxy groups -OCH3 is 1. The van der Waals surface area contributed by atoms with E-state index in [1.165, 1.54) is 5.56 Å². The molecule has 110 valence electrons. The quantitative estimate of drug-likeness (QED) is 0.596. The highest BCUT2D eigenvalue weighted by Gasteiger charge is 2.13. The average Bonchev–Trinajstić information content (AvgIpc) is 2.44. The van der Waals surface area contributed by atoms with Crippen LogP contribution >= 0.6 is 11.8 Å². The number of carbonyl (C=O) groups is 1. The Balaban J connectivity index is 2.12. The third-order valence-electron chi connectivity index (χ3n) is 3.37. The average molecular weight is 300 g/mol. The van der Waals surface area contributed by atoms with Gasteiger partial charge in [0.15, 0.2) is 5.78 Å². The first kappa shape index (κ1) is 15.6. The number of hydrogen-bond donors (Lipinski definition) is 0. The fourth-order valence-corrected chi connectivity index (χ4v) is 3.35. The van der Waals surface area contributed by atoms with Gasteiger partial charge >= 0.3 is 0 Å². The van der Waals surface area contributed by atoms with Gasteiger partial charge in [-0.15, -0.1) is 11.8 Å². The van der Waals surface area contributed by atoms with Crippen molar-refractivity contribution >= 4 is 17.5 Å². The monoisotopic (exact) mass is 300 g/mol. The Hall–Kier alpha value is -1.74. The molecule has 0 saturated heterocycles. The molecule has 0 aromatic heterocycles. The van der Waals surface area contributed by atoms with E-state index in [0.717, 1.165) is 27.3 Å². The van der Waals surface area contributed by atoms with Crippen LogP contribution in [0.5, 0.6) is 5.75 Å². The normalized spacial score (nSPS) is 10.5. The molecular formula is C18H20O2S. The lowest BCUT2D eigenvalue weighted by molar-refractivity contribution is 0.102. The first-order valence-corrected chi connectivity index (χ1v) is 7.87. The van der Waals surface area contributed by atoms with E-state index in [1.807, 2.05) is 38.1 Å². The molecular weight excluding hydrogens is 280 g/mol. The van der Waals surface area contributed by atoms with Gasteiger partial charge < -0.3 is 4.74 Å². The van der Waals surface area contributed by atoms with Crippen molar-refractivity contribution in [2.75, 3.05) is 12.9 Å². The summed E-state index contributed by atoms with van der Waals surface area (Å²) in [6, 6.07) is 11.9. The number of benzene rings is 2. The van der Waals surface area contributed by atoms with Crippen molar-refractivity contribution in [1.82, 2.24) is 0 Å². The molecule has 2 aromatic rings. The van der Waals surface area contributed by atoms with Crippen LogP contribution in [-0.4, -0.2) is 18.6 Å². The molecule has 0 radical (unpaired) electrons. The van der Waals surface area contributed by atoms with Crippen molar-refractivity contribution in [3.63, 3.8) is 0 Å². The van der Waals surface area contributed by atoms with Crippen LogP contribution in [-0.2, 0) is 0 Å². The van der Waals surface area contributed by atoms with Gasteiger partial charge in [-0.3, -0.25) is 4.79 Å². The minimum Gasteiger partial charge on any atom is -0.497 e. The van der Waals surface area contributed by atoms with E-state index in [1.54, 1.807) is 18.9 Å². The smallest absolute Gasteiger partial charge is 0.173 e. The Kier molecular flexibility index (Phi) is 5.07. The highest BCUT2D eigenvalue weighted by atomic mass is 32.2. The third kappa shape index (κ3) is 3.88. The molecule has 0 aliphatic rings. The molecule has 0 fully saturated rings. The van der Waals surface area contributed by atoms with Crippen molar-refractivity contribution in [3.8, 4) is 5.75 Å². The summed E-state index contributed by atoms with van der Waals surface area (Å²) in [7, 11) is 1.65. The second kappa shape index (κ2) is 6.81. The minimum absolute atomic E-state index is 0.179. The molecule has 0 spiro atoms. The second-order valence-corrected chi connectivity index (χ2v) is 6.21. The van der Waals surface area contributed by atoms with Crippen molar-refractivity contribution in [2.45, 2.75) is 25.7 Å². The predicted molar refractivity (Wildman–Crippen MR) is 88.7 cm³/mol. The Bertz CT molecular complexity index is 639. The molecule has 0 saturated carbocycles. The summed E-state index contributed by atoms with van der Waals surface area (Å²) in [6.07, 6.45) is 0. The number of rotatable bonds is 5. The van der Waals surface area contributed by atoms with Crippen LogP contribution in [0, 0.1) is 20.8 Å². The standard InChI is InChI=1S/C18H20O2S/c1-12-8-13(2)18(14(3)9-12)17(19)11-21-16-7-5-6-15(10-16)20-4/h5-10H,11H2,1-4H3. The summed E-state index contributed by atoms with van der Waals surface area (Å²) in [5, 5.41) is 0. The maximum atomic E-state index is 12.5. The lowest BCUT2D eigenvalue weighted by Gasteiger charge is -2.10. The van der Waals surface area contributed by atoms with Gasteiger partial charge in [-0.05, 0) is 50.1 Å². The van der Waals surface area contributed by atoms with E-state index >= 15 is 0 Å². The van der Waals surface area contributed by atoms with Gasteiger partial charge in [0, 0.05) is 10.5 Å². The lowest BCUT2D eigenvalue weighted by atomic mass is 9.97. The zero-order chi connectivity index (χ0) is 15.4. The Morgan fingerprint density at radius 3 is 2.38 bits per heavy atom. The highest BCUT2D eigenvalue weighted by molar-refractivity contribution is 8.00. The maximum Gasteiger partial charge on any atom is 0.173 e. The molecule has 0 N–H and O–H groups in total. The van der Waals surface area contributed by atoms with Gasteiger partial charge in [0.25, 0.3) is 0 Å². The van der Waals surface area contributed by atoms with Crippen LogP contribution in [0.15, 0.2) is 41.3 Å². The Morgan fingerprint density at radius 2 is 1.76 bits per heavy atom. The number of hydrogen-bond acceptors (Lipinski definition) is 3. The van der Waals surface area contributed by atoms with Crippen molar-refractivity contribution < 1.29 is 9.53 Å². The number of thioether (sulfide) groups is 1. The predicted octanol–water partition coefficient (Wildman–Crippen LogP) is 4.60. The molecule has 2 nitrogen and oxygen atoms in total. The minimum atomic E-state index is 0.179. The maximum absolute atomic E-state index is 12.5. The van der Waals surface area contributed by atoms with Crippen LogP contribution in [0.3, 0.4) is 0 Å². The topological polar surface area (TPSA) is 26.3 Å². The van der Waals surface area contributed by atoms with Crippen LogP contribution in [0.1, 0.15) is 27.0 Å². The van der Waals surface area contributed by atoms with Gasteiger partial charge in [-0.25, -0.2) is 0 Å². The summed E-state index contributed by atoms with van der Waals surface area (Å²) >= 11 is 1.54. The molecule has 0 aliphatic heterocycles. The highest BCUT2D eigenvalue weighted by Crippen LogP contribution is 2.25. The molecule has 2 aromatic carbocycles. The zero-order valence-corrected chi connectivity index (χ0v) is 13.7. The van der Waals surface area contributed by atoms with E-state index in [4.69, 9.17) is 4.74 Å². The van der Waals surface area contributed by atoms with E-state index in [2.05, 4.69) is 19.1 Å². The van der Waals surface area contributed by atoms with Crippen LogP contribution in [0.2, 0.25) is 0 Å². The summed E-state index contributed by atoms with van der Waals surface area (Å²) in [5.41, 5.74) is 4.17. The van der Waals surface area contributed by atoms with Gasteiger partial charge in [0.2, 0.25) is 0 Å². The van der Waals surface area contributed by atoms with Gasteiger partial charge in [-0.2, -0.15) is 0 Å². The SMILES string of the molecule is COc1cccc(SCC(=O)c2c(C)cc(C)cc2C)c1. The number of Topliss-reactive ketones (excluding diaryl/α,β-unsaturated/α-hetero) is 1. The van der Waals surface area contributed by atoms with E-state index in [-0.39, 0.29) is 5.78 Å². The molecule has 0 amide bonds. The number of ketones is 1. The number of carbonyl (C=O) groups excluding carboxylic acids is 1. The summed E-state index contributed by atoms with van der Waals surface area (Å²) in [5.74, 6) is 1.44. The first-order chi connectivity index (χ1) is 10.0. The molecule has 0 heterocycles. The molecule has 2 rings (SSSR count). The van der Waals surface area contributed by atoms with E-state index in [0.29, 0.717) is 5.75 Å². The Labute approximate surface area is 130 Å². The largest absolute Gasteiger partial charge is 0.497 e. The fourth-order valence-electron chi connectivity index (χ4n) is 2.53. The van der Waals surface area contributed by atoms with Crippen molar-refractivity contribution in [1.29, 1.82) is 0 Å². The number of ether oxygens (including phenoxy) is 1. The van der Waals surface area contributed by atoms with Gasteiger partial charge in [0.05, 0.1) is 12.9 Å². The number of aryl methyl sites for hydroxylation is 3. The second-order valence-electron chi connectivity index (χ2n) is 5.16. The van der Waals surface area contributed by atoms with Crippen molar-refractivity contribution in [3.05, 3.63) is 58.7 Å². The summed E-state index contributed by atoms with van der Waals surface area (Å²) in [4.78, 5) is 13.5. The van der Waals surface area contributed by atoms with Crippen molar-refractivity contribution in [2.24, 2.45) is 0 Å².